The van der Waals surface area contributed by atoms with Gasteiger partial charge in [0.25, 0.3) is 0 Å². The zero-order valence-electron chi connectivity index (χ0n) is 11.7. The first-order chi connectivity index (χ1) is 9.74. The smallest absolute Gasteiger partial charge is 0.123 e. The minimum Gasteiger partial charge on any atom is -0.384 e. The quantitative estimate of drug-likeness (QED) is 0.841. The van der Waals surface area contributed by atoms with Crippen molar-refractivity contribution < 1.29 is 4.39 Å². The number of nitrogens with one attached hydrogen (secondary N) is 1. The van der Waals surface area contributed by atoms with E-state index >= 15 is 0 Å². The Hall–Kier alpha value is -1.94. The van der Waals surface area contributed by atoms with Gasteiger partial charge in [-0.1, -0.05) is 0 Å². The fraction of sp³-hybridized carbons (Fsp3) is 0.312. The summed E-state index contributed by atoms with van der Waals surface area (Å²) >= 11 is 0. The number of benzene rings is 1. The molecule has 0 atom stereocenters. The molecule has 0 aliphatic carbocycles. The maximum atomic E-state index is 12.8. The van der Waals surface area contributed by atoms with Crippen LogP contribution in [0.15, 0.2) is 48.8 Å². The average Bonchev–Trinajstić information content (AvgIpc) is 2.48. The van der Waals surface area contributed by atoms with E-state index < -0.39 is 0 Å². The van der Waals surface area contributed by atoms with E-state index in [2.05, 4.69) is 22.2 Å². The molecule has 1 N–H and O–H groups in total. The van der Waals surface area contributed by atoms with E-state index in [0.717, 1.165) is 31.7 Å². The van der Waals surface area contributed by atoms with Crippen molar-refractivity contribution in [2.45, 2.75) is 6.42 Å². The second kappa shape index (κ2) is 7.60. The summed E-state index contributed by atoms with van der Waals surface area (Å²) in [4.78, 5) is 6.29. The highest BCUT2D eigenvalue weighted by Gasteiger charge is 1.99. The van der Waals surface area contributed by atoms with Gasteiger partial charge >= 0.3 is 0 Å². The molecule has 0 fully saturated rings. The third kappa shape index (κ3) is 4.97. The number of pyridine rings is 1. The molecule has 0 unspecified atom stereocenters. The fourth-order valence-corrected chi connectivity index (χ4v) is 1.94. The third-order valence-corrected chi connectivity index (χ3v) is 3.20. The predicted molar refractivity (Wildman–Crippen MR) is 80.3 cm³/mol. The van der Waals surface area contributed by atoms with Gasteiger partial charge < -0.3 is 10.2 Å². The van der Waals surface area contributed by atoms with Gasteiger partial charge in [0.1, 0.15) is 5.82 Å². The van der Waals surface area contributed by atoms with Crippen LogP contribution < -0.4 is 5.32 Å². The van der Waals surface area contributed by atoms with Crippen LogP contribution in [0, 0.1) is 5.82 Å². The number of hydrogen-bond acceptors (Lipinski definition) is 3. The number of aromatic nitrogens is 1. The topological polar surface area (TPSA) is 28.2 Å². The predicted octanol–water partition coefficient (Wildman–Crippen LogP) is 2.81. The Morgan fingerprint density at radius 3 is 2.45 bits per heavy atom. The van der Waals surface area contributed by atoms with Crippen molar-refractivity contribution in [2.75, 3.05) is 32.0 Å². The summed E-state index contributed by atoms with van der Waals surface area (Å²) in [6.45, 7) is 2.80. The molecule has 0 bridgehead atoms. The van der Waals surface area contributed by atoms with E-state index in [4.69, 9.17) is 0 Å². The summed E-state index contributed by atoms with van der Waals surface area (Å²) in [5.41, 5.74) is 2.26. The second-order valence-corrected chi connectivity index (χ2v) is 4.84. The molecular weight excluding hydrogens is 253 g/mol. The van der Waals surface area contributed by atoms with Crippen molar-refractivity contribution in [1.29, 1.82) is 0 Å². The van der Waals surface area contributed by atoms with E-state index in [-0.39, 0.29) is 5.82 Å². The van der Waals surface area contributed by atoms with E-state index in [1.165, 1.54) is 17.7 Å². The Balaban J connectivity index is 1.65. The lowest BCUT2D eigenvalue weighted by atomic mass is 10.2. The molecule has 20 heavy (non-hydrogen) atoms. The van der Waals surface area contributed by atoms with Gasteiger partial charge in [-0.2, -0.15) is 0 Å². The van der Waals surface area contributed by atoms with Crippen molar-refractivity contribution >= 4 is 5.69 Å². The van der Waals surface area contributed by atoms with Gasteiger partial charge in [-0.3, -0.25) is 4.98 Å². The van der Waals surface area contributed by atoms with E-state index in [9.17, 15) is 4.39 Å². The van der Waals surface area contributed by atoms with Crippen molar-refractivity contribution in [3.8, 4) is 0 Å². The van der Waals surface area contributed by atoms with Crippen LogP contribution in [-0.2, 0) is 6.42 Å². The van der Waals surface area contributed by atoms with Crippen LogP contribution in [0.4, 0.5) is 10.1 Å². The minimum atomic E-state index is -0.204. The zero-order valence-corrected chi connectivity index (χ0v) is 11.7. The largest absolute Gasteiger partial charge is 0.384 e. The summed E-state index contributed by atoms with van der Waals surface area (Å²) in [7, 11) is 2.10. The first-order valence-electron chi connectivity index (χ1n) is 6.81. The number of anilines is 1. The molecule has 106 valence electrons. The maximum absolute atomic E-state index is 12.8. The summed E-state index contributed by atoms with van der Waals surface area (Å²) in [5, 5.41) is 3.28. The molecule has 0 saturated carbocycles. The maximum Gasteiger partial charge on any atom is 0.123 e. The molecule has 1 aromatic carbocycles. The van der Waals surface area contributed by atoms with Gasteiger partial charge in [0.2, 0.25) is 0 Å². The number of hydrogen-bond donors (Lipinski definition) is 1. The molecule has 4 heteroatoms. The zero-order chi connectivity index (χ0) is 14.2. The number of likely N-dealkylation sites (N-methyl/N-ethyl adjacent to an activating group) is 1. The summed E-state index contributed by atoms with van der Waals surface area (Å²) in [6.07, 6.45) is 4.67. The van der Waals surface area contributed by atoms with E-state index in [0.29, 0.717) is 0 Å². The van der Waals surface area contributed by atoms with Gasteiger partial charge in [0.05, 0.1) is 0 Å². The first-order valence-corrected chi connectivity index (χ1v) is 6.81. The van der Waals surface area contributed by atoms with Crippen LogP contribution >= 0.6 is 0 Å². The van der Waals surface area contributed by atoms with E-state index in [1.807, 2.05) is 24.5 Å². The summed E-state index contributed by atoms with van der Waals surface area (Å²) in [6, 6.07) is 10.5. The number of nitrogens with zero attached hydrogens (tertiary/aromatic N) is 2. The molecule has 0 radical (unpaired) electrons. The van der Waals surface area contributed by atoms with Crippen LogP contribution in [0.2, 0.25) is 0 Å². The molecule has 1 aromatic heterocycles. The van der Waals surface area contributed by atoms with Gasteiger partial charge in [-0.05, 0) is 55.4 Å². The lowest BCUT2D eigenvalue weighted by Gasteiger charge is -2.17. The lowest BCUT2D eigenvalue weighted by Crippen LogP contribution is -2.27. The molecule has 2 rings (SSSR count). The van der Waals surface area contributed by atoms with Gasteiger partial charge in [0.15, 0.2) is 0 Å². The standard InChI is InChI=1S/C16H20FN3/c1-20(12-8-14-6-9-18-10-7-14)13-11-19-16-4-2-15(17)3-5-16/h2-7,9-10,19H,8,11-13H2,1H3. The fourth-order valence-electron chi connectivity index (χ4n) is 1.94. The van der Waals surface area contributed by atoms with Crippen molar-refractivity contribution in [1.82, 2.24) is 9.88 Å². The number of halogens is 1. The molecule has 2 aromatic rings. The normalized spacial score (nSPS) is 10.8. The number of rotatable bonds is 7. The molecule has 0 aliphatic heterocycles. The lowest BCUT2D eigenvalue weighted by molar-refractivity contribution is 0.351. The Bertz CT molecular complexity index is 499. The Kier molecular flexibility index (Phi) is 5.50. The molecule has 0 aliphatic rings. The van der Waals surface area contributed by atoms with Gasteiger partial charge in [0, 0.05) is 37.7 Å². The van der Waals surface area contributed by atoms with Crippen LogP contribution in [0.5, 0.6) is 0 Å². The summed E-state index contributed by atoms with van der Waals surface area (Å²) in [5.74, 6) is -0.204. The van der Waals surface area contributed by atoms with Gasteiger partial charge in [-0.15, -0.1) is 0 Å². The van der Waals surface area contributed by atoms with E-state index in [1.54, 1.807) is 12.1 Å². The van der Waals surface area contributed by atoms with Crippen molar-refractivity contribution in [2.24, 2.45) is 0 Å². The minimum absolute atomic E-state index is 0.204. The SMILES string of the molecule is CN(CCNc1ccc(F)cc1)CCc1ccncc1. The highest BCUT2D eigenvalue weighted by molar-refractivity contribution is 5.42. The second-order valence-electron chi connectivity index (χ2n) is 4.84. The van der Waals surface area contributed by atoms with Crippen LogP contribution in [0.25, 0.3) is 0 Å². The van der Waals surface area contributed by atoms with Crippen LogP contribution in [0.1, 0.15) is 5.56 Å². The van der Waals surface area contributed by atoms with Crippen molar-refractivity contribution in [3.63, 3.8) is 0 Å². The highest BCUT2D eigenvalue weighted by Crippen LogP contribution is 2.07. The average molecular weight is 273 g/mol. The first kappa shape index (κ1) is 14.5. The molecule has 3 nitrogen and oxygen atoms in total. The van der Waals surface area contributed by atoms with Crippen molar-refractivity contribution in [3.05, 3.63) is 60.2 Å². The molecule has 1 heterocycles. The van der Waals surface area contributed by atoms with Crippen LogP contribution in [0.3, 0.4) is 0 Å². The van der Waals surface area contributed by atoms with Crippen LogP contribution in [-0.4, -0.2) is 36.6 Å². The Morgan fingerprint density at radius 1 is 1.05 bits per heavy atom. The Labute approximate surface area is 119 Å². The third-order valence-electron chi connectivity index (χ3n) is 3.20. The monoisotopic (exact) mass is 273 g/mol. The molecule has 0 saturated heterocycles. The molecular formula is C16H20FN3. The van der Waals surface area contributed by atoms with Gasteiger partial charge in [-0.25, -0.2) is 4.39 Å². The Morgan fingerprint density at radius 2 is 1.75 bits per heavy atom. The highest BCUT2D eigenvalue weighted by atomic mass is 19.1. The summed E-state index contributed by atoms with van der Waals surface area (Å²) < 4.78 is 12.8. The molecule has 0 amide bonds. The molecule has 0 spiro atoms.